The maximum atomic E-state index is 11.9. The molecule has 0 aliphatic carbocycles. The molecule has 0 fully saturated rings. The first-order valence-corrected chi connectivity index (χ1v) is 6.56. The second-order valence-corrected chi connectivity index (χ2v) is 5.38. The SMILES string of the molecule is CC(C)c1nccc(CN(C)C(C)C(=O)N(C)C)n1. The van der Waals surface area contributed by atoms with Gasteiger partial charge in [0.2, 0.25) is 5.91 Å². The number of carbonyl (C=O) groups excluding carboxylic acids is 1. The summed E-state index contributed by atoms with van der Waals surface area (Å²) in [6, 6.07) is 1.74. The molecule has 5 heteroatoms. The van der Waals surface area contributed by atoms with Crippen molar-refractivity contribution in [1.82, 2.24) is 19.8 Å². The van der Waals surface area contributed by atoms with Gasteiger partial charge in [-0.2, -0.15) is 0 Å². The van der Waals surface area contributed by atoms with Crippen molar-refractivity contribution in [1.29, 1.82) is 0 Å². The highest BCUT2D eigenvalue weighted by atomic mass is 16.2. The van der Waals surface area contributed by atoms with Gasteiger partial charge < -0.3 is 4.90 Å². The monoisotopic (exact) mass is 264 g/mol. The molecule has 0 radical (unpaired) electrons. The maximum absolute atomic E-state index is 11.9. The number of carbonyl (C=O) groups is 1. The van der Waals surface area contributed by atoms with Crippen molar-refractivity contribution >= 4 is 5.91 Å². The molecule has 0 aliphatic heterocycles. The average molecular weight is 264 g/mol. The summed E-state index contributed by atoms with van der Waals surface area (Å²) in [6.45, 7) is 6.69. The van der Waals surface area contributed by atoms with Gasteiger partial charge in [-0.3, -0.25) is 9.69 Å². The molecule has 0 saturated carbocycles. The van der Waals surface area contributed by atoms with Gasteiger partial charge in [0.15, 0.2) is 0 Å². The highest BCUT2D eigenvalue weighted by Crippen LogP contribution is 2.10. The summed E-state index contributed by atoms with van der Waals surface area (Å²) >= 11 is 0. The van der Waals surface area contributed by atoms with Gasteiger partial charge in [-0.05, 0) is 20.0 Å². The van der Waals surface area contributed by atoms with Crippen LogP contribution < -0.4 is 0 Å². The van der Waals surface area contributed by atoms with Crippen LogP contribution >= 0.6 is 0 Å². The Bertz CT molecular complexity index is 431. The molecule has 19 heavy (non-hydrogen) atoms. The van der Waals surface area contributed by atoms with E-state index in [1.807, 2.05) is 24.9 Å². The minimum atomic E-state index is -0.160. The molecule has 1 amide bonds. The topological polar surface area (TPSA) is 49.3 Å². The first kappa shape index (κ1) is 15.6. The number of likely N-dealkylation sites (N-methyl/N-ethyl adjacent to an activating group) is 2. The molecule has 0 aromatic carbocycles. The largest absolute Gasteiger partial charge is 0.347 e. The molecule has 1 aromatic rings. The van der Waals surface area contributed by atoms with E-state index < -0.39 is 0 Å². The number of nitrogens with zero attached hydrogens (tertiary/aromatic N) is 4. The second kappa shape index (κ2) is 6.61. The Morgan fingerprint density at radius 1 is 1.26 bits per heavy atom. The van der Waals surface area contributed by atoms with Crippen molar-refractivity contribution in [3.05, 3.63) is 23.8 Å². The number of amides is 1. The lowest BCUT2D eigenvalue weighted by atomic mass is 10.2. The van der Waals surface area contributed by atoms with E-state index in [-0.39, 0.29) is 11.9 Å². The molecule has 1 heterocycles. The van der Waals surface area contributed by atoms with Crippen LogP contribution in [-0.2, 0) is 11.3 Å². The van der Waals surface area contributed by atoms with Gasteiger partial charge in [-0.15, -0.1) is 0 Å². The van der Waals surface area contributed by atoms with E-state index in [0.717, 1.165) is 11.5 Å². The number of aromatic nitrogens is 2. The van der Waals surface area contributed by atoms with Gasteiger partial charge in [-0.25, -0.2) is 9.97 Å². The third-order valence-corrected chi connectivity index (χ3v) is 3.12. The third kappa shape index (κ3) is 4.28. The average Bonchev–Trinajstić information content (AvgIpc) is 2.37. The van der Waals surface area contributed by atoms with E-state index in [4.69, 9.17) is 0 Å². The first-order chi connectivity index (χ1) is 8.82. The van der Waals surface area contributed by atoms with E-state index in [9.17, 15) is 4.79 Å². The highest BCUT2D eigenvalue weighted by molar-refractivity contribution is 5.80. The zero-order valence-electron chi connectivity index (χ0n) is 12.7. The fourth-order valence-corrected chi connectivity index (χ4v) is 1.73. The van der Waals surface area contributed by atoms with Crippen molar-refractivity contribution < 1.29 is 4.79 Å². The second-order valence-electron chi connectivity index (χ2n) is 5.38. The predicted octanol–water partition coefficient (Wildman–Crippen LogP) is 1.51. The van der Waals surface area contributed by atoms with Crippen molar-refractivity contribution in [3.8, 4) is 0 Å². The Balaban J connectivity index is 2.74. The number of rotatable bonds is 5. The zero-order chi connectivity index (χ0) is 14.6. The minimum Gasteiger partial charge on any atom is -0.347 e. The minimum absolute atomic E-state index is 0.0978. The molecule has 1 unspecified atom stereocenters. The lowest BCUT2D eigenvalue weighted by Gasteiger charge is -2.26. The molecule has 0 aliphatic rings. The van der Waals surface area contributed by atoms with Crippen LogP contribution in [0.25, 0.3) is 0 Å². The lowest BCUT2D eigenvalue weighted by molar-refractivity contribution is -0.133. The standard InChI is InChI=1S/C14H24N4O/c1-10(2)13-15-8-7-12(16-13)9-18(6)11(3)14(19)17(4)5/h7-8,10-11H,9H2,1-6H3. The summed E-state index contributed by atoms with van der Waals surface area (Å²) in [5.41, 5.74) is 0.944. The fourth-order valence-electron chi connectivity index (χ4n) is 1.73. The molecule has 106 valence electrons. The van der Waals surface area contributed by atoms with E-state index in [1.165, 1.54) is 0 Å². The maximum Gasteiger partial charge on any atom is 0.239 e. The Hall–Kier alpha value is -1.49. The molecule has 0 saturated heterocycles. The molecule has 1 rings (SSSR count). The van der Waals surface area contributed by atoms with Crippen molar-refractivity contribution in [2.75, 3.05) is 21.1 Å². The summed E-state index contributed by atoms with van der Waals surface area (Å²) in [4.78, 5) is 24.3. The van der Waals surface area contributed by atoms with Crippen molar-refractivity contribution in [2.24, 2.45) is 0 Å². The van der Waals surface area contributed by atoms with Crippen LogP contribution in [0.4, 0.5) is 0 Å². The van der Waals surface area contributed by atoms with Crippen molar-refractivity contribution in [3.63, 3.8) is 0 Å². The van der Waals surface area contributed by atoms with Crippen LogP contribution in [0.1, 0.15) is 38.2 Å². The van der Waals surface area contributed by atoms with Crippen molar-refractivity contribution in [2.45, 2.75) is 39.3 Å². The van der Waals surface area contributed by atoms with Crippen LogP contribution in [0.15, 0.2) is 12.3 Å². The van der Waals surface area contributed by atoms with E-state index in [1.54, 1.807) is 25.2 Å². The predicted molar refractivity (Wildman–Crippen MR) is 75.7 cm³/mol. The summed E-state index contributed by atoms with van der Waals surface area (Å²) in [6.07, 6.45) is 1.78. The normalized spacial score (nSPS) is 12.8. The van der Waals surface area contributed by atoms with E-state index in [2.05, 4.69) is 23.8 Å². The molecule has 0 bridgehead atoms. The molecule has 1 aromatic heterocycles. The number of hydrogen-bond donors (Lipinski definition) is 0. The Kier molecular flexibility index (Phi) is 5.42. The molecular formula is C14H24N4O. The van der Waals surface area contributed by atoms with Gasteiger partial charge in [0.1, 0.15) is 5.82 Å². The van der Waals surface area contributed by atoms with Crippen LogP contribution in [0.3, 0.4) is 0 Å². The molecule has 0 spiro atoms. The Morgan fingerprint density at radius 3 is 2.42 bits per heavy atom. The summed E-state index contributed by atoms with van der Waals surface area (Å²) in [5.74, 6) is 1.25. The highest BCUT2D eigenvalue weighted by Gasteiger charge is 2.20. The van der Waals surface area contributed by atoms with Gasteiger partial charge in [0.25, 0.3) is 0 Å². The summed E-state index contributed by atoms with van der Waals surface area (Å²) in [5, 5.41) is 0. The van der Waals surface area contributed by atoms with Gasteiger partial charge in [0, 0.05) is 32.8 Å². The van der Waals surface area contributed by atoms with Crippen LogP contribution in [0.2, 0.25) is 0 Å². The lowest BCUT2D eigenvalue weighted by Crippen LogP contribution is -2.42. The van der Waals surface area contributed by atoms with Gasteiger partial charge >= 0.3 is 0 Å². The third-order valence-electron chi connectivity index (χ3n) is 3.12. The summed E-state index contributed by atoms with van der Waals surface area (Å²) < 4.78 is 0. The molecular weight excluding hydrogens is 240 g/mol. The Morgan fingerprint density at radius 2 is 1.89 bits per heavy atom. The van der Waals surface area contributed by atoms with Crippen LogP contribution in [0, 0.1) is 0 Å². The van der Waals surface area contributed by atoms with E-state index >= 15 is 0 Å². The summed E-state index contributed by atoms with van der Waals surface area (Å²) in [7, 11) is 5.48. The van der Waals surface area contributed by atoms with Gasteiger partial charge in [-0.1, -0.05) is 13.8 Å². The molecule has 5 nitrogen and oxygen atoms in total. The fraction of sp³-hybridized carbons (Fsp3) is 0.643. The quantitative estimate of drug-likeness (QED) is 0.809. The van der Waals surface area contributed by atoms with E-state index in [0.29, 0.717) is 12.5 Å². The Labute approximate surface area is 115 Å². The molecule has 1 atom stereocenters. The molecule has 0 N–H and O–H groups in total. The van der Waals surface area contributed by atoms with Gasteiger partial charge in [0.05, 0.1) is 11.7 Å². The zero-order valence-corrected chi connectivity index (χ0v) is 12.7. The first-order valence-electron chi connectivity index (χ1n) is 6.56. The number of hydrogen-bond acceptors (Lipinski definition) is 4. The van der Waals surface area contributed by atoms with Crippen LogP contribution in [0.5, 0.6) is 0 Å². The smallest absolute Gasteiger partial charge is 0.239 e. The van der Waals surface area contributed by atoms with Crippen LogP contribution in [-0.4, -0.2) is 52.9 Å².